The van der Waals surface area contributed by atoms with E-state index >= 15 is 0 Å². The average molecular weight is 175 g/mol. The predicted molar refractivity (Wildman–Crippen MR) is 46.2 cm³/mol. The smallest absolute Gasteiger partial charge is 0.0420 e. The van der Waals surface area contributed by atoms with E-state index < -0.39 is 0 Å². The van der Waals surface area contributed by atoms with Crippen molar-refractivity contribution in [3.8, 4) is 0 Å². The SMILES string of the molecule is CC1=CCC(Cl)=CC(Cl)=C1. The third-order valence-corrected chi connectivity index (χ3v) is 1.76. The summed E-state index contributed by atoms with van der Waals surface area (Å²) in [7, 11) is 0. The highest BCUT2D eigenvalue weighted by Crippen LogP contribution is 2.20. The Kier molecular flexibility index (Phi) is 2.58. The second-order valence-electron chi connectivity index (χ2n) is 2.27. The molecule has 1 aliphatic carbocycles. The summed E-state index contributed by atoms with van der Waals surface area (Å²) >= 11 is 11.5. The monoisotopic (exact) mass is 174 g/mol. The van der Waals surface area contributed by atoms with E-state index in [0.717, 1.165) is 17.0 Å². The van der Waals surface area contributed by atoms with Crippen LogP contribution < -0.4 is 0 Å². The fraction of sp³-hybridized carbons (Fsp3) is 0.250. The van der Waals surface area contributed by atoms with Crippen molar-refractivity contribution in [2.45, 2.75) is 13.3 Å². The lowest BCUT2D eigenvalue weighted by atomic mass is 10.2. The Morgan fingerprint density at radius 2 is 2.00 bits per heavy atom. The van der Waals surface area contributed by atoms with Crippen LogP contribution in [0.3, 0.4) is 0 Å². The summed E-state index contributed by atoms with van der Waals surface area (Å²) in [6.07, 6.45) is 6.52. The molecule has 0 heterocycles. The summed E-state index contributed by atoms with van der Waals surface area (Å²) in [4.78, 5) is 0. The van der Waals surface area contributed by atoms with E-state index in [-0.39, 0.29) is 0 Å². The zero-order valence-electron chi connectivity index (χ0n) is 5.70. The van der Waals surface area contributed by atoms with Crippen molar-refractivity contribution in [1.29, 1.82) is 0 Å². The largest absolute Gasteiger partial charge is 0.0888 e. The van der Waals surface area contributed by atoms with Gasteiger partial charge in [-0.05, 0) is 19.1 Å². The van der Waals surface area contributed by atoms with Gasteiger partial charge in [0.15, 0.2) is 0 Å². The maximum absolute atomic E-state index is 5.77. The molecular formula is C8H8Cl2. The number of halogens is 2. The molecule has 0 aliphatic heterocycles. The van der Waals surface area contributed by atoms with Gasteiger partial charge in [-0.25, -0.2) is 0 Å². The molecular weight excluding hydrogens is 167 g/mol. The van der Waals surface area contributed by atoms with Crippen molar-refractivity contribution in [1.82, 2.24) is 0 Å². The van der Waals surface area contributed by atoms with Gasteiger partial charge in [-0.2, -0.15) is 0 Å². The maximum Gasteiger partial charge on any atom is 0.0420 e. The van der Waals surface area contributed by atoms with E-state index in [2.05, 4.69) is 0 Å². The van der Waals surface area contributed by atoms with Gasteiger partial charge in [-0.15, -0.1) is 0 Å². The molecule has 1 rings (SSSR count). The van der Waals surface area contributed by atoms with Gasteiger partial charge < -0.3 is 0 Å². The van der Waals surface area contributed by atoms with Crippen LogP contribution in [-0.2, 0) is 0 Å². The highest BCUT2D eigenvalue weighted by Gasteiger charge is 1.97. The van der Waals surface area contributed by atoms with Gasteiger partial charge in [0, 0.05) is 16.5 Å². The van der Waals surface area contributed by atoms with Crippen molar-refractivity contribution in [2.24, 2.45) is 0 Å². The topological polar surface area (TPSA) is 0 Å². The summed E-state index contributed by atoms with van der Waals surface area (Å²) in [5.41, 5.74) is 1.16. The lowest BCUT2D eigenvalue weighted by Gasteiger charge is -1.87. The lowest BCUT2D eigenvalue weighted by molar-refractivity contribution is 1.32. The quantitative estimate of drug-likeness (QED) is 0.527. The predicted octanol–water partition coefficient (Wildman–Crippen LogP) is 3.58. The van der Waals surface area contributed by atoms with E-state index in [9.17, 15) is 0 Å². The number of hydrogen-bond acceptors (Lipinski definition) is 0. The summed E-state index contributed by atoms with van der Waals surface area (Å²) in [6.45, 7) is 2.01. The standard InChI is InChI=1S/C8H8Cl2/c1-6-2-3-7(9)5-8(10)4-6/h2,4-5H,3H2,1H3. The molecule has 54 valence electrons. The number of rotatable bonds is 0. The molecule has 0 bridgehead atoms. The third-order valence-electron chi connectivity index (χ3n) is 1.28. The van der Waals surface area contributed by atoms with Gasteiger partial charge in [-0.3, -0.25) is 0 Å². The third kappa shape index (κ3) is 2.20. The Balaban J connectivity index is 2.90. The van der Waals surface area contributed by atoms with Crippen molar-refractivity contribution < 1.29 is 0 Å². The maximum atomic E-state index is 5.77. The molecule has 0 atom stereocenters. The van der Waals surface area contributed by atoms with E-state index in [0.29, 0.717) is 5.03 Å². The Morgan fingerprint density at radius 3 is 2.70 bits per heavy atom. The normalized spacial score (nSPS) is 18.9. The van der Waals surface area contributed by atoms with Crippen molar-refractivity contribution in [3.63, 3.8) is 0 Å². The molecule has 1 aliphatic rings. The summed E-state index contributed by atoms with van der Waals surface area (Å²) < 4.78 is 0. The molecule has 0 saturated heterocycles. The zero-order chi connectivity index (χ0) is 7.56. The first-order chi connectivity index (χ1) is 4.68. The molecule has 0 nitrogen and oxygen atoms in total. The van der Waals surface area contributed by atoms with Crippen LogP contribution >= 0.6 is 23.2 Å². The van der Waals surface area contributed by atoms with Crippen LogP contribution in [0, 0.1) is 0 Å². The van der Waals surface area contributed by atoms with Crippen molar-refractivity contribution in [2.75, 3.05) is 0 Å². The van der Waals surface area contributed by atoms with Gasteiger partial charge in [0.05, 0.1) is 0 Å². The van der Waals surface area contributed by atoms with E-state index in [4.69, 9.17) is 23.2 Å². The minimum absolute atomic E-state index is 0.705. The highest BCUT2D eigenvalue weighted by molar-refractivity contribution is 6.34. The first-order valence-electron chi connectivity index (χ1n) is 3.08. The van der Waals surface area contributed by atoms with Crippen LogP contribution in [0.2, 0.25) is 0 Å². The Bertz CT molecular complexity index is 221. The number of allylic oxidation sites excluding steroid dienone is 6. The van der Waals surface area contributed by atoms with Crippen LogP contribution in [-0.4, -0.2) is 0 Å². The minimum atomic E-state index is 0.705. The molecule has 2 heteroatoms. The molecule has 0 N–H and O–H groups in total. The average Bonchev–Trinajstić information content (AvgIpc) is 1.93. The van der Waals surface area contributed by atoms with E-state index in [1.165, 1.54) is 0 Å². The highest BCUT2D eigenvalue weighted by atomic mass is 35.5. The molecule has 10 heavy (non-hydrogen) atoms. The Labute approximate surface area is 70.8 Å². The first kappa shape index (κ1) is 7.90. The van der Waals surface area contributed by atoms with Gasteiger partial charge in [0.1, 0.15) is 0 Å². The summed E-state index contributed by atoms with van der Waals surface area (Å²) in [5, 5.41) is 1.49. The van der Waals surface area contributed by atoms with E-state index in [1.807, 2.05) is 19.1 Å². The number of hydrogen-bond donors (Lipinski definition) is 0. The molecule has 0 aromatic carbocycles. The van der Waals surface area contributed by atoms with Crippen LogP contribution in [0.4, 0.5) is 0 Å². The fourth-order valence-electron chi connectivity index (χ4n) is 0.785. The summed E-state index contributed by atoms with van der Waals surface area (Å²) in [5.74, 6) is 0. The van der Waals surface area contributed by atoms with E-state index in [1.54, 1.807) is 6.08 Å². The molecule has 0 fully saturated rings. The molecule has 0 aromatic heterocycles. The molecule has 0 unspecified atom stereocenters. The first-order valence-corrected chi connectivity index (χ1v) is 3.84. The Hall–Kier alpha value is -0.200. The molecule has 0 radical (unpaired) electrons. The van der Waals surface area contributed by atoms with Crippen molar-refractivity contribution >= 4 is 23.2 Å². The molecule has 0 amide bonds. The second kappa shape index (κ2) is 3.27. The van der Waals surface area contributed by atoms with Crippen LogP contribution in [0.15, 0.2) is 33.9 Å². The van der Waals surface area contributed by atoms with Crippen LogP contribution in [0.5, 0.6) is 0 Å². The van der Waals surface area contributed by atoms with Gasteiger partial charge in [0.2, 0.25) is 0 Å². The van der Waals surface area contributed by atoms with Crippen LogP contribution in [0.1, 0.15) is 13.3 Å². The summed E-state index contributed by atoms with van der Waals surface area (Å²) in [6, 6.07) is 0. The minimum Gasteiger partial charge on any atom is -0.0888 e. The second-order valence-corrected chi connectivity index (χ2v) is 3.19. The Morgan fingerprint density at radius 1 is 1.30 bits per heavy atom. The van der Waals surface area contributed by atoms with Crippen LogP contribution in [0.25, 0.3) is 0 Å². The molecule has 0 aromatic rings. The zero-order valence-corrected chi connectivity index (χ0v) is 7.21. The fourth-order valence-corrected chi connectivity index (χ4v) is 1.34. The van der Waals surface area contributed by atoms with Gasteiger partial charge in [0.25, 0.3) is 0 Å². The lowest BCUT2D eigenvalue weighted by Crippen LogP contribution is -1.66. The molecule has 0 spiro atoms. The van der Waals surface area contributed by atoms with Crippen molar-refractivity contribution in [3.05, 3.63) is 33.9 Å². The molecule has 0 saturated carbocycles. The van der Waals surface area contributed by atoms with Gasteiger partial charge >= 0.3 is 0 Å². The van der Waals surface area contributed by atoms with Gasteiger partial charge in [-0.1, -0.05) is 34.9 Å².